The van der Waals surface area contributed by atoms with Gasteiger partial charge >= 0.3 is 5.97 Å². The van der Waals surface area contributed by atoms with Gasteiger partial charge in [-0.25, -0.2) is 4.79 Å². The van der Waals surface area contributed by atoms with Crippen molar-refractivity contribution >= 4 is 28.2 Å². The van der Waals surface area contributed by atoms with E-state index in [1.807, 2.05) is 37.3 Å². The van der Waals surface area contributed by atoms with Gasteiger partial charge in [0.1, 0.15) is 0 Å². The molecule has 2 aromatic carbocycles. The molecule has 1 heterocycles. The maximum Gasteiger partial charge on any atom is 0.335 e. The number of nitrogens with zero attached hydrogens (tertiary/aromatic N) is 1. The van der Waals surface area contributed by atoms with Crippen molar-refractivity contribution in [3.05, 3.63) is 65.9 Å². The zero-order valence-electron chi connectivity index (χ0n) is 11.5. The van der Waals surface area contributed by atoms with Gasteiger partial charge in [0.05, 0.1) is 16.8 Å². The Balaban J connectivity index is 2.01. The highest BCUT2D eigenvalue weighted by atomic mass is 16.4. The summed E-state index contributed by atoms with van der Waals surface area (Å²) in [6.45, 7) is 1.88. The number of hydrogen-bond acceptors (Lipinski definition) is 3. The molecule has 0 aliphatic carbocycles. The van der Waals surface area contributed by atoms with Crippen LogP contribution in [0.4, 0.5) is 11.4 Å². The summed E-state index contributed by atoms with van der Waals surface area (Å²) in [7, 11) is 0. The predicted molar refractivity (Wildman–Crippen MR) is 83.2 cm³/mol. The fourth-order valence-electron chi connectivity index (χ4n) is 2.29. The van der Waals surface area contributed by atoms with Gasteiger partial charge in [-0.2, -0.15) is 0 Å². The molecule has 0 amide bonds. The van der Waals surface area contributed by atoms with Gasteiger partial charge in [-0.15, -0.1) is 0 Å². The van der Waals surface area contributed by atoms with Crippen molar-refractivity contribution in [2.75, 3.05) is 5.32 Å². The largest absolute Gasteiger partial charge is 0.478 e. The Bertz CT molecular complexity index is 823. The minimum atomic E-state index is -0.920. The molecule has 0 atom stereocenters. The molecule has 21 heavy (non-hydrogen) atoms. The second-order valence-electron chi connectivity index (χ2n) is 4.84. The van der Waals surface area contributed by atoms with Crippen LogP contribution in [-0.4, -0.2) is 16.1 Å². The highest BCUT2D eigenvalue weighted by Crippen LogP contribution is 2.26. The second-order valence-corrected chi connectivity index (χ2v) is 4.84. The Labute approximate surface area is 122 Å². The number of nitrogens with one attached hydrogen (secondary N) is 1. The molecule has 0 radical (unpaired) electrons. The number of carbonyl (C=O) groups is 1. The Morgan fingerprint density at radius 2 is 1.90 bits per heavy atom. The van der Waals surface area contributed by atoms with Crippen molar-refractivity contribution in [1.29, 1.82) is 0 Å². The van der Waals surface area contributed by atoms with Crippen LogP contribution in [0.25, 0.3) is 10.9 Å². The third kappa shape index (κ3) is 2.56. The molecular weight excluding hydrogens is 264 g/mol. The molecule has 0 spiro atoms. The first-order valence-corrected chi connectivity index (χ1v) is 6.60. The SMILES string of the molecule is Cc1cc(C(=O)O)ccc1Nc1cccc2cccnc12. The van der Waals surface area contributed by atoms with Gasteiger partial charge in [-0.3, -0.25) is 4.98 Å². The summed E-state index contributed by atoms with van der Waals surface area (Å²) in [6.07, 6.45) is 1.76. The van der Waals surface area contributed by atoms with E-state index in [1.54, 1.807) is 24.4 Å². The van der Waals surface area contributed by atoms with Crippen LogP contribution in [0.5, 0.6) is 0 Å². The first-order valence-electron chi connectivity index (χ1n) is 6.60. The highest BCUT2D eigenvalue weighted by Gasteiger charge is 2.07. The van der Waals surface area contributed by atoms with Crippen molar-refractivity contribution < 1.29 is 9.90 Å². The fraction of sp³-hybridized carbons (Fsp3) is 0.0588. The van der Waals surface area contributed by atoms with Crippen molar-refractivity contribution in [2.24, 2.45) is 0 Å². The smallest absolute Gasteiger partial charge is 0.335 e. The third-order valence-electron chi connectivity index (χ3n) is 3.38. The van der Waals surface area contributed by atoms with Gasteiger partial charge in [-0.05, 0) is 42.8 Å². The number of pyridine rings is 1. The molecule has 3 rings (SSSR count). The molecule has 0 saturated heterocycles. The van der Waals surface area contributed by atoms with Crippen LogP contribution in [0.3, 0.4) is 0 Å². The average Bonchev–Trinajstić information content (AvgIpc) is 2.49. The summed E-state index contributed by atoms with van der Waals surface area (Å²) >= 11 is 0. The summed E-state index contributed by atoms with van der Waals surface area (Å²) in [6, 6.07) is 14.9. The van der Waals surface area contributed by atoms with E-state index in [0.29, 0.717) is 0 Å². The number of aromatic nitrogens is 1. The van der Waals surface area contributed by atoms with E-state index in [-0.39, 0.29) is 5.56 Å². The van der Waals surface area contributed by atoms with Crippen molar-refractivity contribution in [3.63, 3.8) is 0 Å². The monoisotopic (exact) mass is 278 g/mol. The number of carboxylic acids is 1. The zero-order chi connectivity index (χ0) is 14.8. The molecule has 4 nitrogen and oxygen atoms in total. The van der Waals surface area contributed by atoms with Crippen molar-refractivity contribution in [2.45, 2.75) is 6.92 Å². The Morgan fingerprint density at radius 3 is 2.67 bits per heavy atom. The van der Waals surface area contributed by atoms with Gasteiger partial charge < -0.3 is 10.4 Å². The lowest BCUT2D eigenvalue weighted by atomic mass is 10.1. The zero-order valence-corrected chi connectivity index (χ0v) is 11.5. The second kappa shape index (κ2) is 5.25. The van der Waals surface area contributed by atoms with E-state index in [4.69, 9.17) is 5.11 Å². The molecule has 4 heteroatoms. The Kier molecular flexibility index (Phi) is 3.28. The Hall–Kier alpha value is -2.88. The molecule has 104 valence electrons. The minimum absolute atomic E-state index is 0.286. The van der Waals surface area contributed by atoms with E-state index in [1.165, 1.54) is 0 Å². The predicted octanol–water partition coefficient (Wildman–Crippen LogP) is 3.99. The molecule has 0 fully saturated rings. The van der Waals surface area contributed by atoms with Gasteiger partial charge in [0.25, 0.3) is 0 Å². The molecule has 1 aromatic heterocycles. The molecule has 2 N–H and O–H groups in total. The number of fused-ring (bicyclic) bond motifs is 1. The molecule has 0 aliphatic rings. The summed E-state index contributed by atoms with van der Waals surface area (Å²) in [5.74, 6) is -0.920. The number of aryl methyl sites for hydroxylation is 1. The van der Waals surface area contributed by atoms with Crippen LogP contribution in [0.1, 0.15) is 15.9 Å². The summed E-state index contributed by atoms with van der Waals surface area (Å²) in [5, 5.41) is 13.4. The van der Waals surface area contributed by atoms with Crippen molar-refractivity contribution in [3.8, 4) is 0 Å². The van der Waals surface area contributed by atoms with Gasteiger partial charge in [0.2, 0.25) is 0 Å². The van der Waals surface area contributed by atoms with Gasteiger partial charge in [0, 0.05) is 17.3 Å². The first-order chi connectivity index (χ1) is 10.1. The molecule has 3 aromatic rings. The minimum Gasteiger partial charge on any atom is -0.478 e. The summed E-state index contributed by atoms with van der Waals surface area (Å²) in [4.78, 5) is 15.4. The van der Waals surface area contributed by atoms with Crippen LogP contribution in [0.2, 0.25) is 0 Å². The Morgan fingerprint density at radius 1 is 1.10 bits per heavy atom. The summed E-state index contributed by atoms with van der Waals surface area (Å²) < 4.78 is 0. The molecule has 0 bridgehead atoms. The number of rotatable bonds is 3. The average molecular weight is 278 g/mol. The third-order valence-corrected chi connectivity index (χ3v) is 3.38. The van der Waals surface area contributed by atoms with Crippen molar-refractivity contribution in [1.82, 2.24) is 4.98 Å². The number of anilines is 2. The first kappa shape index (κ1) is 13.1. The number of benzene rings is 2. The fourth-order valence-corrected chi connectivity index (χ4v) is 2.29. The van der Waals surface area contributed by atoms with Gasteiger partial charge in [0.15, 0.2) is 0 Å². The van der Waals surface area contributed by atoms with Crippen LogP contribution in [0, 0.1) is 6.92 Å². The molecule has 0 saturated carbocycles. The van der Waals surface area contributed by atoms with Crippen LogP contribution < -0.4 is 5.32 Å². The highest BCUT2D eigenvalue weighted by molar-refractivity contribution is 5.93. The summed E-state index contributed by atoms with van der Waals surface area (Å²) in [5.41, 5.74) is 3.83. The number of aromatic carboxylic acids is 1. The lowest BCUT2D eigenvalue weighted by Crippen LogP contribution is -2.00. The molecule has 0 unspecified atom stereocenters. The molecule has 0 aliphatic heterocycles. The van der Waals surface area contributed by atoms with E-state index in [9.17, 15) is 4.79 Å². The van der Waals surface area contributed by atoms with E-state index < -0.39 is 5.97 Å². The van der Waals surface area contributed by atoms with Crippen LogP contribution in [0.15, 0.2) is 54.7 Å². The van der Waals surface area contributed by atoms with Crippen LogP contribution in [-0.2, 0) is 0 Å². The number of para-hydroxylation sites is 1. The lowest BCUT2D eigenvalue weighted by Gasteiger charge is -2.12. The van der Waals surface area contributed by atoms with Gasteiger partial charge in [-0.1, -0.05) is 18.2 Å². The van der Waals surface area contributed by atoms with E-state index in [2.05, 4.69) is 10.3 Å². The van der Waals surface area contributed by atoms with E-state index >= 15 is 0 Å². The lowest BCUT2D eigenvalue weighted by molar-refractivity contribution is 0.0697. The molecular formula is C17H14N2O2. The number of hydrogen-bond donors (Lipinski definition) is 2. The number of carboxylic acid groups (broad SMARTS) is 1. The topological polar surface area (TPSA) is 62.2 Å². The van der Waals surface area contributed by atoms with Crippen LogP contribution >= 0.6 is 0 Å². The maximum atomic E-state index is 11.0. The quantitative estimate of drug-likeness (QED) is 0.760. The van der Waals surface area contributed by atoms with E-state index in [0.717, 1.165) is 27.8 Å². The normalized spacial score (nSPS) is 10.5. The standard InChI is InChI=1S/C17H14N2O2/c1-11-10-13(17(20)21)7-8-14(11)19-15-6-2-4-12-5-3-9-18-16(12)15/h2-10,19H,1H3,(H,20,21). The maximum absolute atomic E-state index is 11.0.